The van der Waals surface area contributed by atoms with Crippen LogP contribution in [0, 0.1) is 0 Å². The Bertz CT molecular complexity index is 757. The summed E-state index contributed by atoms with van der Waals surface area (Å²) < 4.78 is 0. The Morgan fingerprint density at radius 3 is 2.52 bits per heavy atom. The van der Waals surface area contributed by atoms with Crippen LogP contribution in [0.5, 0.6) is 0 Å². The van der Waals surface area contributed by atoms with Crippen LogP contribution in [0.2, 0.25) is 5.02 Å². The first-order valence-electron chi connectivity index (χ1n) is 8.81. The van der Waals surface area contributed by atoms with E-state index in [0.717, 1.165) is 43.9 Å². The molecule has 0 radical (unpaired) electrons. The van der Waals surface area contributed by atoms with Gasteiger partial charge in [0.25, 0.3) is 0 Å². The molecule has 0 aliphatic carbocycles. The number of carbonyl (C=O) groups is 1. The number of fused-ring (bicyclic) bond motifs is 1. The maximum atomic E-state index is 13.1. The summed E-state index contributed by atoms with van der Waals surface area (Å²) in [4.78, 5) is 17.4. The van der Waals surface area contributed by atoms with Crippen molar-refractivity contribution < 1.29 is 4.79 Å². The van der Waals surface area contributed by atoms with Gasteiger partial charge < -0.3 is 15.1 Å². The summed E-state index contributed by atoms with van der Waals surface area (Å²) in [5.74, 6) is 0.00925. The molecule has 2 heterocycles. The molecule has 25 heavy (non-hydrogen) atoms. The third-order valence-corrected chi connectivity index (χ3v) is 5.50. The summed E-state index contributed by atoms with van der Waals surface area (Å²) in [5.41, 5.74) is 3.38. The Morgan fingerprint density at radius 2 is 1.76 bits per heavy atom. The largest absolute Gasteiger partial charge is 0.368 e. The van der Waals surface area contributed by atoms with Gasteiger partial charge in [0.15, 0.2) is 0 Å². The summed E-state index contributed by atoms with van der Waals surface area (Å²) in [7, 11) is 0. The molecule has 0 bridgehead atoms. The van der Waals surface area contributed by atoms with Crippen LogP contribution < -0.4 is 10.2 Å². The van der Waals surface area contributed by atoms with Crippen LogP contribution in [0.3, 0.4) is 0 Å². The fourth-order valence-electron chi connectivity index (χ4n) is 3.83. The quantitative estimate of drug-likeness (QED) is 0.899. The number of nitrogens with zero attached hydrogens (tertiary/aromatic N) is 2. The number of nitrogens with one attached hydrogen (secondary N) is 1. The van der Waals surface area contributed by atoms with E-state index in [1.54, 1.807) is 0 Å². The fourth-order valence-corrected chi connectivity index (χ4v) is 4.16. The van der Waals surface area contributed by atoms with Crippen LogP contribution in [-0.4, -0.2) is 43.5 Å². The summed E-state index contributed by atoms with van der Waals surface area (Å²) in [6.45, 7) is 4.68. The molecule has 4 nitrogen and oxygen atoms in total. The van der Waals surface area contributed by atoms with Crippen molar-refractivity contribution in [3.63, 3.8) is 0 Å². The van der Waals surface area contributed by atoms with E-state index in [4.69, 9.17) is 11.6 Å². The van der Waals surface area contributed by atoms with Gasteiger partial charge in [-0.3, -0.25) is 4.79 Å². The Balaban J connectivity index is 1.47. The van der Waals surface area contributed by atoms with Crippen LogP contribution >= 0.6 is 11.6 Å². The van der Waals surface area contributed by atoms with E-state index in [1.807, 2.05) is 23.1 Å². The van der Waals surface area contributed by atoms with E-state index in [2.05, 4.69) is 40.5 Å². The van der Waals surface area contributed by atoms with E-state index in [-0.39, 0.29) is 11.8 Å². The third kappa shape index (κ3) is 3.24. The predicted octanol–water partition coefficient (Wildman–Crippen LogP) is 2.88. The first-order valence-corrected chi connectivity index (χ1v) is 9.18. The minimum absolute atomic E-state index is 0.180. The van der Waals surface area contributed by atoms with E-state index < -0.39 is 0 Å². The molecular formula is C20H22ClN3O. The van der Waals surface area contributed by atoms with Crippen molar-refractivity contribution >= 4 is 23.2 Å². The van der Waals surface area contributed by atoms with Gasteiger partial charge in [-0.25, -0.2) is 0 Å². The van der Waals surface area contributed by atoms with Gasteiger partial charge in [0, 0.05) is 50.0 Å². The second kappa shape index (κ2) is 7.06. The minimum atomic E-state index is -0.180. The number of carbonyl (C=O) groups excluding carboxylic acids is 1. The smallest absolute Gasteiger partial charge is 0.231 e. The van der Waals surface area contributed by atoms with E-state index in [0.29, 0.717) is 11.6 Å². The maximum absolute atomic E-state index is 13.1. The maximum Gasteiger partial charge on any atom is 0.231 e. The van der Waals surface area contributed by atoms with Crippen molar-refractivity contribution in [2.45, 2.75) is 12.5 Å². The predicted molar refractivity (Wildman–Crippen MR) is 101 cm³/mol. The summed E-state index contributed by atoms with van der Waals surface area (Å²) >= 11 is 6.42. The van der Waals surface area contributed by atoms with Gasteiger partial charge in [-0.2, -0.15) is 0 Å². The number of hydrogen-bond acceptors (Lipinski definition) is 3. The summed E-state index contributed by atoms with van der Waals surface area (Å²) in [5, 5.41) is 4.06. The van der Waals surface area contributed by atoms with Crippen LogP contribution in [0.15, 0.2) is 48.5 Å². The van der Waals surface area contributed by atoms with Crippen molar-refractivity contribution in [3.8, 4) is 0 Å². The van der Waals surface area contributed by atoms with Crippen molar-refractivity contribution in [1.29, 1.82) is 0 Å². The number of rotatable bonds is 2. The number of halogens is 1. The van der Waals surface area contributed by atoms with Gasteiger partial charge in [0.1, 0.15) is 0 Å². The van der Waals surface area contributed by atoms with Gasteiger partial charge in [0.2, 0.25) is 5.91 Å². The highest BCUT2D eigenvalue weighted by Crippen LogP contribution is 2.32. The fraction of sp³-hybridized carbons (Fsp3) is 0.350. The molecule has 0 spiro atoms. The lowest BCUT2D eigenvalue weighted by molar-refractivity contribution is -0.133. The first-order chi connectivity index (χ1) is 12.2. The first kappa shape index (κ1) is 16.4. The molecule has 2 aliphatic heterocycles. The van der Waals surface area contributed by atoms with Crippen LogP contribution in [0.25, 0.3) is 0 Å². The molecule has 4 rings (SSSR count). The highest BCUT2D eigenvalue weighted by molar-refractivity contribution is 6.31. The van der Waals surface area contributed by atoms with Crippen molar-refractivity contribution in [1.82, 2.24) is 10.2 Å². The molecule has 5 heteroatoms. The minimum Gasteiger partial charge on any atom is -0.368 e. The Labute approximate surface area is 153 Å². The molecule has 0 saturated carbocycles. The van der Waals surface area contributed by atoms with Crippen molar-refractivity contribution in [2.75, 3.05) is 37.6 Å². The molecule has 1 unspecified atom stereocenters. The molecule has 2 aliphatic rings. The topological polar surface area (TPSA) is 35.6 Å². The lowest BCUT2D eigenvalue weighted by atomic mass is 9.89. The molecule has 130 valence electrons. The molecule has 1 N–H and O–H groups in total. The zero-order chi connectivity index (χ0) is 17.2. The number of amides is 1. The zero-order valence-corrected chi connectivity index (χ0v) is 14.9. The molecule has 1 atom stereocenters. The number of para-hydroxylation sites is 1. The standard InChI is InChI=1S/C20H22ClN3O/c21-18-8-4-5-15-13-22-14-17(19(15)18)20(25)24-11-9-23(10-12-24)16-6-2-1-3-7-16/h1-8,17,22H,9-14H2. The lowest BCUT2D eigenvalue weighted by Gasteiger charge is -2.38. The Morgan fingerprint density at radius 1 is 1.00 bits per heavy atom. The van der Waals surface area contributed by atoms with Gasteiger partial charge in [-0.05, 0) is 29.3 Å². The molecule has 2 aromatic rings. The second-order valence-corrected chi connectivity index (χ2v) is 7.05. The number of benzene rings is 2. The molecular weight excluding hydrogens is 334 g/mol. The highest BCUT2D eigenvalue weighted by Gasteiger charge is 2.33. The highest BCUT2D eigenvalue weighted by atomic mass is 35.5. The molecule has 1 fully saturated rings. The third-order valence-electron chi connectivity index (χ3n) is 5.17. The zero-order valence-electron chi connectivity index (χ0n) is 14.1. The molecule has 0 aromatic heterocycles. The lowest BCUT2D eigenvalue weighted by Crippen LogP contribution is -2.51. The van der Waals surface area contributed by atoms with Crippen molar-refractivity contribution in [2.24, 2.45) is 0 Å². The summed E-state index contributed by atoms with van der Waals surface area (Å²) in [6, 6.07) is 16.3. The van der Waals surface area contributed by atoms with Gasteiger partial charge >= 0.3 is 0 Å². The molecule has 1 saturated heterocycles. The Hall–Kier alpha value is -2.04. The average Bonchev–Trinajstić information content (AvgIpc) is 2.68. The van der Waals surface area contributed by atoms with E-state index >= 15 is 0 Å². The SMILES string of the molecule is O=C(C1CNCc2cccc(Cl)c21)N1CCN(c2ccccc2)CC1. The normalized spacial score (nSPS) is 20.3. The van der Waals surface area contributed by atoms with Gasteiger partial charge in [-0.1, -0.05) is 41.9 Å². The molecule has 1 amide bonds. The monoisotopic (exact) mass is 355 g/mol. The Kier molecular flexibility index (Phi) is 4.64. The van der Waals surface area contributed by atoms with Crippen LogP contribution in [0.1, 0.15) is 17.0 Å². The van der Waals surface area contributed by atoms with Crippen LogP contribution in [0.4, 0.5) is 5.69 Å². The van der Waals surface area contributed by atoms with Crippen molar-refractivity contribution in [3.05, 3.63) is 64.7 Å². The van der Waals surface area contributed by atoms with Gasteiger partial charge in [-0.15, -0.1) is 0 Å². The molecule has 2 aromatic carbocycles. The van der Waals surface area contributed by atoms with Crippen LogP contribution in [-0.2, 0) is 11.3 Å². The van der Waals surface area contributed by atoms with Gasteiger partial charge in [0.05, 0.1) is 5.92 Å². The number of anilines is 1. The van der Waals surface area contributed by atoms with E-state index in [9.17, 15) is 4.79 Å². The summed E-state index contributed by atoms with van der Waals surface area (Å²) in [6.07, 6.45) is 0. The average molecular weight is 356 g/mol. The number of hydrogen-bond donors (Lipinski definition) is 1. The van der Waals surface area contributed by atoms with E-state index in [1.165, 1.54) is 5.69 Å². The number of piperazine rings is 1. The second-order valence-electron chi connectivity index (χ2n) is 6.64.